The Hall–Kier alpha value is -2.71. The van der Waals surface area contributed by atoms with Crippen molar-refractivity contribution in [2.45, 2.75) is 27.3 Å². The lowest BCUT2D eigenvalue weighted by molar-refractivity contribution is 0.195. The van der Waals surface area contributed by atoms with Gasteiger partial charge in [-0.1, -0.05) is 32.0 Å². The third-order valence-corrected chi connectivity index (χ3v) is 5.62. The molecule has 0 radical (unpaired) electrons. The fraction of sp³-hybridized carbons (Fsp3) is 0.381. The third kappa shape index (κ3) is 5.88. The van der Waals surface area contributed by atoms with Crippen LogP contribution in [0.1, 0.15) is 24.5 Å². The number of hydrogen-bond donors (Lipinski definition) is 2. The Morgan fingerprint density at radius 2 is 2.00 bits per heavy atom. The van der Waals surface area contributed by atoms with Gasteiger partial charge in [0.15, 0.2) is 5.82 Å². The number of amides is 2. The van der Waals surface area contributed by atoms with Crippen LogP contribution in [0.3, 0.4) is 0 Å². The van der Waals surface area contributed by atoms with Gasteiger partial charge < -0.3 is 15.1 Å². The highest BCUT2D eigenvalue weighted by atomic mass is 32.1. The molecule has 2 N–H and O–H groups in total. The number of H-pyrrole nitrogens is 1. The Kier molecular flexibility index (Phi) is 7.37. The maximum Gasteiger partial charge on any atom is 0.322 e. The number of urea groups is 1. The number of aryl methyl sites for hydroxylation is 1. The number of hydrogen-bond acceptors (Lipinski definition) is 5. The van der Waals surface area contributed by atoms with Crippen molar-refractivity contribution in [3.8, 4) is 11.4 Å². The molecule has 0 fully saturated rings. The molecule has 0 saturated heterocycles. The zero-order valence-electron chi connectivity index (χ0n) is 17.2. The van der Waals surface area contributed by atoms with Gasteiger partial charge in [-0.2, -0.15) is 5.10 Å². The zero-order chi connectivity index (χ0) is 20.6. The molecule has 0 spiro atoms. The first-order valence-corrected chi connectivity index (χ1v) is 10.8. The van der Waals surface area contributed by atoms with Gasteiger partial charge in [0.05, 0.1) is 6.54 Å². The van der Waals surface area contributed by atoms with Gasteiger partial charge in [-0.3, -0.25) is 5.10 Å². The average Bonchev–Trinajstić information content (AvgIpc) is 3.39. The first-order chi connectivity index (χ1) is 14.1. The molecule has 0 saturated carbocycles. The van der Waals surface area contributed by atoms with Gasteiger partial charge in [-0.15, -0.1) is 11.3 Å². The van der Waals surface area contributed by atoms with Crippen LogP contribution in [0.25, 0.3) is 11.4 Å². The number of anilines is 1. The molecule has 0 aliphatic heterocycles. The van der Waals surface area contributed by atoms with E-state index in [1.807, 2.05) is 47.5 Å². The molecule has 3 rings (SSSR count). The molecule has 2 amide bonds. The number of aromatic amines is 1. The second-order valence-electron chi connectivity index (χ2n) is 6.78. The highest BCUT2D eigenvalue weighted by molar-refractivity contribution is 7.09. The normalized spacial score (nSPS) is 11.0. The van der Waals surface area contributed by atoms with Crippen LogP contribution in [0.4, 0.5) is 10.5 Å². The van der Waals surface area contributed by atoms with Crippen LogP contribution in [0, 0.1) is 6.92 Å². The monoisotopic (exact) mass is 412 g/mol. The molecule has 8 heteroatoms. The molecule has 1 aromatic carbocycles. The van der Waals surface area contributed by atoms with Gasteiger partial charge >= 0.3 is 6.03 Å². The molecule has 2 heterocycles. The first kappa shape index (κ1) is 21.0. The fourth-order valence-electron chi connectivity index (χ4n) is 3.06. The van der Waals surface area contributed by atoms with E-state index in [1.54, 1.807) is 11.3 Å². The van der Waals surface area contributed by atoms with E-state index in [1.165, 1.54) is 4.88 Å². The van der Waals surface area contributed by atoms with Crippen molar-refractivity contribution >= 4 is 23.1 Å². The summed E-state index contributed by atoms with van der Waals surface area (Å²) < 4.78 is 0. The van der Waals surface area contributed by atoms with Crippen molar-refractivity contribution in [2.75, 3.05) is 31.5 Å². The lowest BCUT2D eigenvalue weighted by atomic mass is 10.2. The summed E-state index contributed by atoms with van der Waals surface area (Å²) in [5.41, 5.74) is 1.59. The molecule has 29 heavy (non-hydrogen) atoms. The molecule has 0 atom stereocenters. The fourth-order valence-corrected chi connectivity index (χ4v) is 3.77. The van der Waals surface area contributed by atoms with E-state index in [2.05, 4.69) is 45.3 Å². The minimum Gasteiger partial charge on any atom is -0.318 e. The van der Waals surface area contributed by atoms with E-state index < -0.39 is 0 Å². The molecule has 0 aliphatic rings. The molecule has 7 nitrogen and oxygen atoms in total. The van der Waals surface area contributed by atoms with E-state index >= 15 is 0 Å². The number of nitrogens with one attached hydrogen (secondary N) is 2. The lowest BCUT2D eigenvalue weighted by Gasteiger charge is -2.26. The van der Waals surface area contributed by atoms with E-state index in [0.717, 1.165) is 36.7 Å². The summed E-state index contributed by atoms with van der Waals surface area (Å²) in [6.45, 7) is 10.2. The van der Waals surface area contributed by atoms with Crippen LogP contribution in [-0.4, -0.2) is 57.2 Å². The maximum atomic E-state index is 13.0. The maximum absolute atomic E-state index is 13.0. The Morgan fingerprint density at radius 1 is 1.17 bits per heavy atom. The summed E-state index contributed by atoms with van der Waals surface area (Å²) in [6, 6.07) is 11.6. The minimum atomic E-state index is -0.103. The number of benzene rings is 1. The number of carbonyl (C=O) groups excluding carboxylic acids is 1. The van der Waals surface area contributed by atoms with Gasteiger partial charge in [-0.25, -0.2) is 9.78 Å². The van der Waals surface area contributed by atoms with E-state index in [4.69, 9.17) is 0 Å². The van der Waals surface area contributed by atoms with Gasteiger partial charge in [0.1, 0.15) is 5.82 Å². The number of carbonyl (C=O) groups is 1. The summed E-state index contributed by atoms with van der Waals surface area (Å²) in [5.74, 6) is 1.38. The van der Waals surface area contributed by atoms with Crippen molar-refractivity contribution in [1.29, 1.82) is 0 Å². The number of aromatic nitrogens is 3. The summed E-state index contributed by atoms with van der Waals surface area (Å²) in [4.78, 5) is 22.8. The van der Waals surface area contributed by atoms with Crippen LogP contribution >= 0.6 is 11.3 Å². The van der Waals surface area contributed by atoms with E-state index in [-0.39, 0.29) is 6.03 Å². The largest absolute Gasteiger partial charge is 0.322 e. The average molecular weight is 413 g/mol. The van der Waals surface area contributed by atoms with Gasteiger partial charge in [0, 0.05) is 29.2 Å². The van der Waals surface area contributed by atoms with Crippen molar-refractivity contribution in [3.63, 3.8) is 0 Å². The number of rotatable bonds is 9. The Labute approximate surface area is 175 Å². The number of nitrogens with zero attached hydrogens (tertiary/aromatic N) is 4. The standard InChI is InChI=1S/C21H28N6OS/c1-4-26(5-2)11-12-27(15-19-10-7-13-29-19)21(28)23-18-9-6-8-17(14-18)20-22-16(3)24-25-20/h6-10,13-14H,4-5,11-12,15H2,1-3H3,(H,23,28)(H,22,24,25). The topological polar surface area (TPSA) is 77.1 Å². The van der Waals surface area contributed by atoms with Crippen LogP contribution in [0.5, 0.6) is 0 Å². The van der Waals surface area contributed by atoms with Crippen molar-refractivity contribution < 1.29 is 4.79 Å². The smallest absolute Gasteiger partial charge is 0.318 e. The van der Waals surface area contributed by atoms with Gasteiger partial charge in [0.2, 0.25) is 0 Å². The van der Waals surface area contributed by atoms with Gasteiger partial charge in [-0.05, 0) is 43.6 Å². The zero-order valence-corrected chi connectivity index (χ0v) is 18.0. The molecule has 0 aliphatic carbocycles. The second-order valence-corrected chi connectivity index (χ2v) is 7.82. The van der Waals surface area contributed by atoms with Crippen molar-refractivity contribution in [3.05, 3.63) is 52.5 Å². The van der Waals surface area contributed by atoms with Crippen molar-refractivity contribution in [2.24, 2.45) is 0 Å². The quantitative estimate of drug-likeness (QED) is 0.552. The number of thiophene rings is 1. The molecule has 0 bridgehead atoms. The van der Waals surface area contributed by atoms with Gasteiger partial charge in [0.25, 0.3) is 0 Å². The lowest BCUT2D eigenvalue weighted by Crippen LogP contribution is -2.40. The Morgan fingerprint density at radius 3 is 2.66 bits per heavy atom. The molecule has 2 aromatic heterocycles. The third-order valence-electron chi connectivity index (χ3n) is 4.76. The molecule has 3 aromatic rings. The SMILES string of the molecule is CCN(CC)CCN(Cc1cccs1)C(=O)Nc1cccc(-c2n[nH]c(C)n2)c1. The van der Waals surface area contributed by atoms with Crippen LogP contribution in [0.2, 0.25) is 0 Å². The van der Waals surface area contributed by atoms with Crippen LogP contribution < -0.4 is 5.32 Å². The number of likely N-dealkylation sites (N-methyl/N-ethyl adjacent to an activating group) is 1. The Balaban J connectivity index is 1.71. The van der Waals surface area contributed by atoms with E-state index in [0.29, 0.717) is 18.9 Å². The molecule has 154 valence electrons. The van der Waals surface area contributed by atoms with Crippen LogP contribution in [0.15, 0.2) is 41.8 Å². The Bertz CT molecular complexity index is 904. The summed E-state index contributed by atoms with van der Waals surface area (Å²) in [6.07, 6.45) is 0. The predicted molar refractivity (Wildman–Crippen MR) is 118 cm³/mol. The summed E-state index contributed by atoms with van der Waals surface area (Å²) >= 11 is 1.67. The molecular formula is C21H28N6OS. The summed E-state index contributed by atoms with van der Waals surface area (Å²) in [7, 11) is 0. The molecular weight excluding hydrogens is 384 g/mol. The molecule has 0 unspecified atom stereocenters. The van der Waals surface area contributed by atoms with E-state index in [9.17, 15) is 4.79 Å². The second kappa shape index (κ2) is 10.2. The first-order valence-electron chi connectivity index (χ1n) is 9.89. The summed E-state index contributed by atoms with van der Waals surface area (Å²) in [5, 5.41) is 12.1. The predicted octanol–water partition coefficient (Wildman–Crippen LogP) is 4.22. The minimum absolute atomic E-state index is 0.103. The highest BCUT2D eigenvalue weighted by Gasteiger charge is 2.16. The van der Waals surface area contributed by atoms with Crippen LogP contribution in [-0.2, 0) is 6.54 Å². The highest BCUT2D eigenvalue weighted by Crippen LogP contribution is 2.20. The van der Waals surface area contributed by atoms with Crippen molar-refractivity contribution in [1.82, 2.24) is 25.0 Å².